The van der Waals surface area contributed by atoms with Crippen LogP contribution >= 0.6 is 12.4 Å². The number of halogens is 1. The number of aromatic nitrogens is 2. The van der Waals surface area contributed by atoms with Gasteiger partial charge >= 0.3 is 5.97 Å². The number of pyridine rings is 2. The van der Waals surface area contributed by atoms with Gasteiger partial charge in [0.25, 0.3) is 0 Å². The highest BCUT2D eigenvalue weighted by Crippen LogP contribution is 2.22. The number of carboxylic acid groups (broad SMARTS) is 1. The summed E-state index contributed by atoms with van der Waals surface area (Å²) >= 11 is 0. The fraction of sp³-hybridized carbons (Fsp3) is 0.280. The van der Waals surface area contributed by atoms with Crippen LogP contribution < -0.4 is 10.6 Å². The van der Waals surface area contributed by atoms with Crippen LogP contribution in [-0.4, -0.2) is 56.8 Å². The zero-order chi connectivity index (χ0) is 24.8. The minimum absolute atomic E-state index is 0. The quantitative estimate of drug-likeness (QED) is 0.536. The zero-order valence-electron chi connectivity index (χ0n) is 19.4. The van der Waals surface area contributed by atoms with Crippen LogP contribution in [0.1, 0.15) is 41.5 Å². The molecule has 0 radical (unpaired) electrons. The molecule has 0 spiro atoms. The number of aliphatic carboxylic acids is 1. The smallest absolute Gasteiger partial charge is 0.328 e. The molecule has 2 aromatic rings. The summed E-state index contributed by atoms with van der Waals surface area (Å²) < 4.78 is 0. The van der Waals surface area contributed by atoms with E-state index in [9.17, 15) is 19.2 Å². The Morgan fingerprint density at radius 3 is 1.78 bits per heavy atom. The normalized spacial score (nSPS) is 15.9. The molecule has 0 atom stereocenters. The highest BCUT2D eigenvalue weighted by molar-refractivity contribution is 5.94. The van der Waals surface area contributed by atoms with Gasteiger partial charge < -0.3 is 20.6 Å². The van der Waals surface area contributed by atoms with Gasteiger partial charge in [-0.2, -0.15) is 0 Å². The van der Waals surface area contributed by atoms with E-state index in [1.54, 1.807) is 18.3 Å². The lowest BCUT2D eigenvalue weighted by atomic mass is 10.0. The maximum atomic E-state index is 11.7. The van der Waals surface area contributed by atoms with Crippen molar-refractivity contribution in [1.29, 1.82) is 0 Å². The Bertz CT molecular complexity index is 1240. The van der Waals surface area contributed by atoms with Crippen molar-refractivity contribution in [3.8, 4) is 0 Å². The zero-order valence-corrected chi connectivity index (χ0v) is 20.2. The average molecular weight is 512 g/mol. The summed E-state index contributed by atoms with van der Waals surface area (Å²) in [7, 11) is 0. The molecule has 0 unspecified atom stereocenters. The van der Waals surface area contributed by atoms with E-state index in [-0.39, 0.29) is 30.1 Å². The predicted octanol–water partition coefficient (Wildman–Crippen LogP) is 2.70. The first kappa shape index (κ1) is 26.6. The van der Waals surface area contributed by atoms with E-state index < -0.39 is 5.97 Å². The second kappa shape index (κ2) is 12.1. The number of nitrogens with zero attached hydrogens (tertiary/aromatic N) is 3. The summed E-state index contributed by atoms with van der Waals surface area (Å²) in [6, 6.07) is 3.81. The first-order valence-electron chi connectivity index (χ1n) is 11.3. The molecule has 36 heavy (non-hydrogen) atoms. The lowest BCUT2D eigenvalue weighted by Gasteiger charge is -2.29. The molecule has 0 aromatic carbocycles. The minimum atomic E-state index is -0.994. The lowest BCUT2D eigenvalue weighted by molar-refractivity contribution is -0.131. The lowest BCUT2D eigenvalue weighted by Crippen LogP contribution is -2.40. The molecule has 10 nitrogen and oxygen atoms in total. The molecule has 3 amide bonds. The summed E-state index contributed by atoms with van der Waals surface area (Å²) in [5.41, 5.74) is 3.58. The minimum Gasteiger partial charge on any atom is -0.478 e. The third-order valence-corrected chi connectivity index (χ3v) is 5.74. The third kappa shape index (κ3) is 6.98. The van der Waals surface area contributed by atoms with Crippen molar-refractivity contribution in [2.75, 3.05) is 23.7 Å². The molecule has 3 N–H and O–H groups in total. The number of carboxylic acids is 1. The number of aryl methyl sites for hydroxylation is 2. The van der Waals surface area contributed by atoms with E-state index in [0.29, 0.717) is 37.3 Å². The largest absolute Gasteiger partial charge is 0.478 e. The SMILES string of the molecule is Cl.O=C(O)/C=C/c1cnc2c(c1)CCC(=O)N2.O=C1CCc2cc(/C=C/C(=O)N3CCC3)cnc2N1. The molecule has 5 heterocycles. The Kier molecular flexibility index (Phi) is 8.91. The third-order valence-electron chi connectivity index (χ3n) is 5.74. The van der Waals surface area contributed by atoms with Gasteiger partial charge in [0, 0.05) is 50.5 Å². The van der Waals surface area contributed by atoms with Crippen molar-refractivity contribution in [3.63, 3.8) is 0 Å². The number of rotatable bonds is 4. The van der Waals surface area contributed by atoms with Gasteiger partial charge in [-0.3, -0.25) is 14.4 Å². The molecule has 1 saturated heterocycles. The van der Waals surface area contributed by atoms with Gasteiger partial charge in [0.1, 0.15) is 11.6 Å². The molecule has 11 heteroatoms. The van der Waals surface area contributed by atoms with Crippen LogP contribution in [0.25, 0.3) is 12.2 Å². The molecule has 188 valence electrons. The summed E-state index contributed by atoms with van der Waals surface area (Å²) in [4.78, 5) is 54.4. The first-order chi connectivity index (χ1) is 16.9. The van der Waals surface area contributed by atoms with Gasteiger partial charge in [-0.1, -0.05) is 0 Å². The number of anilines is 2. The van der Waals surface area contributed by atoms with E-state index in [1.165, 1.54) is 12.3 Å². The van der Waals surface area contributed by atoms with Crippen molar-refractivity contribution >= 4 is 59.9 Å². The maximum absolute atomic E-state index is 11.7. The van der Waals surface area contributed by atoms with E-state index in [0.717, 1.165) is 47.8 Å². The highest BCUT2D eigenvalue weighted by atomic mass is 35.5. The predicted molar refractivity (Wildman–Crippen MR) is 137 cm³/mol. The second-order valence-corrected chi connectivity index (χ2v) is 8.33. The van der Waals surface area contributed by atoms with Crippen molar-refractivity contribution in [2.24, 2.45) is 0 Å². The molecule has 5 rings (SSSR count). The second-order valence-electron chi connectivity index (χ2n) is 8.33. The van der Waals surface area contributed by atoms with Gasteiger partial charge in [0.15, 0.2) is 0 Å². The van der Waals surface area contributed by atoms with Crippen LogP contribution in [0, 0.1) is 0 Å². The van der Waals surface area contributed by atoms with Crippen LogP contribution in [-0.2, 0) is 32.0 Å². The molecule has 0 aliphatic carbocycles. The van der Waals surface area contributed by atoms with Crippen LogP contribution in [0.15, 0.2) is 36.7 Å². The van der Waals surface area contributed by atoms with E-state index in [4.69, 9.17) is 5.11 Å². The molecule has 3 aliphatic heterocycles. The van der Waals surface area contributed by atoms with Gasteiger partial charge in [0.2, 0.25) is 17.7 Å². The number of fused-ring (bicyclic) bond motifs is 2. The monoisotopic (exact) mass is 511 g/mol. The molecule has 0 saturated carbocycles. The molecular weight excluding hydrogens is 486 g/mol. The number of likely N-dealkylation sites (tertiary alicyclic amines) is 1. The highest BCUT2D eigenvalue weighted by Gasteiger charge is 2.18. The van der Waals surface area contributed by atoms with Crippen molar-refractivity contribution in [3.05, 3.63) is 58.9 Å². The van der Waals surface area contributed by atoms with Gasteiger partial charge in [0.05, 0.1) is 0 Å². The Hall–Kier alpha value is -4.05. The number of carbonyl (C=O) groups excluding carboxylic acids is 3. The van der Waals surface area contributed by atoms with Crippen molar-refractivity contribution < 1.29 is 24.3 Å². The van der Waals surface area contributed by atoms with Crippen molar-refractivity contribution in [2.45, 2.75) is 32.1 Å². The topological polar surface area (TPSA) is 142 Å². The van der Waals surface area contributed by atoms with E-state index >= 15 is 0 Å². The summed E-state index contributed by atoms with van der Waals surface area (Å²) in [5.74, 6) is 0.250. The molecule has 3 aliphatic rings. The van der Waals surface area contributed by atoms with Crippen LogP contribution in [0.2, 0.25) is 0 Å². The van der Waals surface area contributed by atoms with Crippen LogP contribution in [0.4, 0.5) is 11.6 Å². The van der Waals surface area contributed by atoms with E-state index in [2.05, 4.69) is 20.6 Å². The summed E-state index contributed by atoms with van der Waals surface area (Å²) in [6.45, 7) is 1.72. The number of hydrogen-bond donors (Lipinski definition) is 3. The van der Waals surface area contributed by atoms with Crippen LogP contribution in [0.5, 0.6) is 0 Å². The maximum Gasteiger partial charge on any atom is 0.328 e. The Morgan fingerprint density at radius 2 is 1.33 bits per heavy atom. The Balaban J connectivity index is 0.000000198. The number of carbonyl (C=O) groups is 4. The Labute approximate surface area is 213 Å². The number of nitrogens with one attached hydrogen (secondary N) is 2. The molecule has 1 fully saturated rings. The fourth-order valence-corrected chi connectivity index (χ4v) is 3.71. The van der Waals surface area contributed by atoms with Gasteiger partial charge in [-0.15, -0.1) is 12.4 Å². The number of hydrogen-bond acceptors (Lipinski definition) is 6. The molecule has 0 bridgehead atoms. The standard InChI is InChI=1S/C14H15N3O2.C11H10N2O3.ClH/c18-12-4-3-11-8-10(9-15-14(11)16-12)2-5-13(19)17-6-1-7-17;14-9-3-2-8-5-7(1-4-10(15)16)6-12-11(8)13-9;/h2,5,8-9H,1,3-4,6-7H2,(H,15,16,18);1,4-6H,2-3H2,(H,15,16)(H,12,13,14);1H/b5-2+;4-1+;. The number of amides is 3. The van der Waals surface area contributed by atoms with Crippen molar-refractivity contribution in [1.82, 2.24) is 14.9 Å². The molecule has 2 aromatic heterocycles. The summed E-state index contributed by atoms with van der Waals surface area (Å²) in [6.07, 6.45) is 12.5. The van der Waals surface area contributed by atoms with Gasteiger partial charge in [-0.05, 0) is 65.8 Å². The van der Waals surface area contributed by atoms with Gasteiger partial charge in [-0.25, -0.2) is 14.8 Å². The first-order valence-corrected chi connectivity index (χ1v) is 11.3. The Morgan fingerprint density at radius 1 is 0.833 bits per heavy atom. The summed E-state index contributed by atoms with van der Waals surface area (Å²) in [5, 5.41) is 13.9. The fourth-order valence-electron chi connectivity index (χ4n) is 3.71. The van der Waals surface area contributed by atoms with Crippen LogP contribution in [0.3, 0.4) is 0 Å². The molecular formula is C25H26ClN5O5. The average Bonchev–Trinajstić information content (AvgIpc) is 2.80. The van der Waals surface area contributed by atoms with E-state index in [1.807, 2.05) is 17.0 Å².